The molecule has 1 aliphatic rings. The van der Waals surface area contributed by atoms with E-state index in [0.717, 1.165) is 32.8 Å². The Labute approximate surface area is 262 Å². The highest BCUT2D eigenvalue weighted by molar-refractivity contribution is 7.99. The Kier molecular flexibility index (Phi) is 10.7. The van der Waals surface area contributed by atoms with Crippen molar-refractivity contribution in [3.05, 3.63) is 125 Å². The van der Waals surface area contributed by atoms with E-state index in [9.17, 15) is 14.7 Å². The van der Waals surface area contributed by atoms with Gasteiger partial charge in [0.25, 0.3) is 0 Å². The Morgan fingerprint density at radius 1 is 0.795 bits per heavy atom. The van der Waals surface area contributed by atoms with Crippen LogP contribution in [0.2, 0.25) is 0 Å². The third kappa shape index (κ3) is 8.48. The Morgan fingerprint density at radius 2 is 1.55 bits per heavy atom. The number of ether oxygens (including phenoxy) is 2. The van der Waals surface area contributed by atoms with Crippen molar-refractivity contribution in [3.8, 4) is 0 Å². The van der Waals surface area contributed by atoms with Crippen LogP contribution in [0.4, 0.5) is 16.2 Å². The van der Waals surface area contributed by atoms with Gasteiger partial charge >= 0.3 is 6.03 Å². The molecule has 0 radical (unpaired) electrons. The molecule has 44 heavy (non-hydrogen) atoms. The normalized spacial score (nSPS) is 19.6. The molecule has 0 spiro atoms. The van der Waals surface area contributed by atoms with Gasteiger partial charge < -0.3 is 30.5 Å². The zero-order valence-electron chi connectivity index (χ0n) is 24.7. The minimum Gasteiger partial charge on any atom is -0.392 e. The molecule has 228 valence electrons. The average Bonchev–Trinajstić information content (AvgIpc) is 3.04. The van der Waals surface area contributed by atoms with Crippen LogP contribution in [-0.4, -0.2) is 28.9 Å². The first-order valence-corrected chi connectivity index (χ1v) is 15.6. The first-order valence-electron chi connectivity index (χ1n) is 14.6. The van der Waals surface area contributed by atoms with E-state index in [4.69, 9.17) is 9.47 Å². The molecule has 1 heterocycles. The van der Waals surface area contributed by atoms with Gasteiger partial charge in [-0.25, -0.2) is 4.79 Å². The summed E-state index contributed by atoms with van der Waals surface area (Å²) in [5.41, 5.74) is 5.04. The van der Waals surface area contributed by atoms with Crippen molar-refractivity contribution in [2.75, 3.05) is 16.4 Å². The number of aliphatic hydroxyl groups excluding tert-OH is 1. The molecule has 1 aliphatic heterocycles. The lowest BCUT2D eigenvalue weighted by atomic mass is 9.91. The number of carbonyl (C=O) groups is 2. The number of anilines is 2. The van der Waals surface area contributed by atoms with Crippen LogP contribution in [-0.2, 0) is 27.4 Å². The first-order chi connectivity index (χ1) is 21.4. The molecule has 1 fully saturated rings. The highest BCUT2D eigenvalue weighted by atomic mass is 32.2. The molecule has 4 aromatic rings. The van der Waals surface area contributed by atoms with E-state index in [1.54, 1.807) is 11.8 Å². The molecule has 0 aliphatic carbocycles. The molecular formula is C35H37N3O5S. The summed E-state index contributed by atoms with van der Waals surface area (Å²) < 4.78 is 13.2. The number of amides is 3. The lowest BCUT2D eigenvalue weighted by molar-refractivity contribution is -0.268. The van der Waals surface area contributed by atoms with E-state index >= 15 is 0 Å². The number of carbonyl (C=O) groups excluding carboxylic acids is 2. The predicted octanol–water partition coefficient (Wildman–Crippen LogP) is 7.04. The molecule has 5 rings (SSSR count). The van der Waals surface area contributed by atoms with Gasteiger partial charge in [0.2, 0.25) is 5.91 Å². The summed E-state index contributed by atoms with van der Waals surface area (Å²) in [6, 6.07) is 32.5. The summed E-state index contributed by atoms with van der Waals surface area (Å²) in [5, 5.41) is 18.1. The fourth-order valence-corrected chi connectivity index (χ4v) is 6.11. The molecule has 1 saturated heterocycles. The highest BCUT2D eigenvalue weighted by Gasteiger charge is 2.38. The van der Waals surface area contributed by atoms with E-state index in [1.807, 2.05) is 103 Å². The lowest BCUT2D eigenvalue weighted by Gasteiger charge is -2.41. The van der Waals surface area contributed by atoms with Gasteiger partial charge in [-0.2, -0.15) is 0 Å². The minimum atomic E-state index is -0.657. The van der Waals surface area contributed by atoms with Gasteiger partial charge in [0.05, 0.1) is 18.8 Å². The predicted molar refractivity (Wildman–Crippen MR) is 173 cm³/mol. The molecular weight excluding hydrogens is 574 g/mol. The molecule has 4 atom stereocenters. The van der Waals surface area contributed by atoms with Crippen LogP contribution in [0.1, 0.15) is 48.5 Å². The summed E-state index contributed by atoms with van der Waals surface area (Å²) in [6.45, 7) is 4.02. The molecule has 3 amide bonds. The number of benzene rings is 4. The van der Waals surface area contributed by atoms with Gasteiger partial charge in [0.1, 0.15) is 0 Å². The number of hydrogen-bond acceptors (Lipinski definition) is 6. The van der Waals surface area contributed by atoms with Crippen LogP contribution in [0.3, 0.4) is 0 Å². The second-order valence-corrected chi connectivity index (χ2v) is 11.9. The summed E-state index contributed by atoms with van der Waals surface area (Å²) in [7, 11) is 0. The van der Waals surface area contributed by atoms with Crippen molar-refractivity contribution in [3.63, 3.8) is 0 Å². The zero-order chi connectivity index (χ0) is 30.9. The van der Waals surface area contributed by atoms with Gasteiger partial charge in [-0.1, -0.05) is 73.7 Å². The fraction of sp³-hybridized carbons (Fsp3) is 0.257. The summed E-state index contributed by atoms with van der Waals surface area (Å²) in [5.74, 6) is 0.611. The van der Waals surface area contributed by atoms with Crippen LogP contribution in [0.15, 0.2) is 108 Å². The van der Waals surface area contributed by atoms with E-state index in [-0.39, 0.29) is 36.7 Å². The SMILES string of the molecule is CC(=O)Nc1ccc(SCC2OC(c3cccc(NC(=O)NCc4ccccc4)c3)OC(c3ccc(CO)cc3)C2C)cc1. The number of urea groups is 1. The molecule has 0 bridgehead atoms. The smallest absolute Gasteiger partial charge is 0.319 e. The van der Waals surface area contributed by atoms with Crippen molar-refractivity contribution in [2.24, 2.45) is 5.92 Å². The Hall–Kier alpha value is -4.15. The monoisotopic (exact) mass is 611 g/mol. The molecule has 4 N–H and O–H groups in total. The topological polar surface area (TPSA) is 109 Å². The van der Waals surface area contributed by atoms with Gasteiger partial charge in [0, 0.05) is 47.0 Å². The van der Waals surface area contributed by atoms with Crippen molar-refractivity contribution >= 4 is 35.1 Å². The van der Waals surface area contributed by atoms with Gasteiger partial charge in [-0.3, -0.25) is 4.79 Å². The number of hydrogen-bond donors (Lipinski definition) is 4. The zero-order valence-corrected chi connectivity index (χ0v) is 25.6. The van der Waals surface area contributed by atoms with Crippen molar-refractivity contribution in [1.82, 2.24) is 5.32 Å². The van der Waals surface area contributed by atoms with Crippen LogP contribution in [0.25, 0.3) is 0 Å². The summed E-state index contributed by atoms with van der Waals surface area (Å²) >= 11 is 1.68. The summed E-state index contributed by atoms with van der Waals surface area (Å²) in [6.07, 6.45) is -1.06. The maximum absolute atomic E-state index is 12.6. The van der Waals surface area contributed by atoms with Gasteiger partial charge in [0.15, 0.2) is 6.29 Å². The van der Waals surface area contributed by atoms with E-state index in [1.165, 1.54) is 6.92 Å². The number of aliphatic hydroxyl groups is 1. The lowest BCUT2D eigenvalue weighted by Crippen LogP contribution is -2.38. The molecule has 0 aromatic heterocycles. The Bertz CT molecular complexity index is 1530. The van der Waals surface area contributed by atoms with Crippen LogP contribution in [0.5, 0.6) is 0 Å². The first kappa shape index (κ1) is 31.3. The van der Waals surface area contributed by atoms with Crippen LogP contribution in [0, 0.1) is 5.92 Å². The molecule has 8 nitrogen and oxygen atoms in total. The maximum Gasteiger partial charge on any atom is 0.319 e. The fourth-order valence-electron chi connectivity index (χ4n) is 5.04. The minimum absolute atomic E-state index is 0.0220. The van der Waals surface area contributed by atoms with Crippen LogP contribution >= 0.6 is 11.8 Å². The largest absolute Gasteiger partial charge is 0.392 e. The molecule has 4 unspecified atom stereocenters. The van der Waals surface area contributed by atoms with Crippen molar-refractivity contribution < 1.29 is 24.2 Å². The summed E-state index contributed by atoms with van der Waals surface area (Å²) in [4.78, 5) is 25.1. The van der Waals surface area contributed by atoms with E-state index < -0.39 is 6.29 Å². The Balaban J connectivity index is 1.30. The molecule has 9 heteroatoms. The van der Waals surface area contributed by atoms with Gasteiger partial charge in [-0.05, 0) is 53.1 Å². The van der Waals surface area contributed by atoms with Crippen molar-refractivity contribution in [2.45, 2.75) is 50.4 Å². The maximum atomic E-state index is 12.6. The molecule has 4 aromatic carbocycles. The highest BCUT2D eigenvalue weighted by Crippen LogP contribution is 2.43. The second-order valence-electron chi connectivity index (χ2n) is 10.8. The van der Waals surface area contributed by atoms with Crippen LogP contribution < -0.4 is 16.0 Å². The molecule has 0 saturated carbocycles. The average molecular weight is 612 g/mol. The Morgan fingerprint density at radius 3 is 2.25 bits per heavy atom. The third-order valence-electron chi connectivity index (χ3n) is 7.42. The van der Waals surface area contributed by atoms with E-state index in [2.05, 4.69) is 22.9 Å². The second kappa shape index (κ2) is 15.0. The quantitative estimate of drug-likeness (QED) is 0.143. The van der Waals surface area contributed by atoms with E-state index in [0.29, 0.717) is 18.0 Å². The van der Waals surface area contributed by atoms with Gasteiger partial charge in [-0.15, -0.1) is 11.8 Å². The number of rotatable bonds is 10. The number of nitrogens with one attached hydrogen (secondary N) is 3. The number of thioether (sulfide) groups is 1. The van der Waals surface area contributed by atoms with Crippen molar-refractivity contribution in [1.29, 1.82) is 0 Å². The third-order valence-corrected chi connectivity index (χ3v) is 8.53. The standard InChI is InChI=1S/C35H37N3O5S/c1-23-32(22-44-31-17-15-29(16-18-31)37-24(2)40)42-34(43-33(23)27-13-11-26(21-39)12-14-27)28-9-6-10-30(19-28)38-35(41)36-20-25-7-4-3-5-8-25/h3-19,23,32-34,39H,20-22H2,1-2H3,(H,37,40)(H2,36,38,41).